The van der Waals surface area contributed by atoms with Gasteiger partial charge in [0.1, 0.15) is 10.7 Å². The Labute approximate surface area is 115 Å². The van der Waals surface area contributed by atoms with Gasteiger partial charge >= 0.3 is 0 Å². The molecule has 0 saturated heterocycles. The van der Waals surface area contributed by atoms with Gasteiger partial charge in [-0.1, -0.05) is 11.3 Å². The number of aliphatic hydroxyl groups excluding tert-OH is 1. The van der Waals surface area contributed by atoms with Gasteiger partial charge in [-0.05, 0) is 32.1 Å². The Hall–Kier alpha value is -1.34. The van der Waals surface area contributed by atoms with Crippen LogP contribution in [0.15, 0.2) is 0 Å². The number of nitrogens with two attached hydrogens (primary N) is 1. The second-order valence-corrected chi connectivity index (χ2v) is 6.40. The van der Waals surface area contributed by atoms with Crippen molar-refractivity contribution in [1.82, 2.24) is 10.3 Å². The summed E-state index contributed by atoms with van der Waals surface area (Å²) in [5, 5.41) is 16.1. The quantitative estimate of drug-likeness (QED) is 0.644. The molecule has 7 heteroatoms. The highest BCUT2D eigenvalue weighted by Gasteiger charge is 2.44. The molecule has 3 rings (SSSR count). The molecule has 2 fully saturated rings. The summed E-state index contributed by atoms with van der Waals surface area (Å²) in [6.07, 6.45) is 5.18. The number of hydrogen-bond acceptors (Lipinski definition) is 6. The molecule has 0 radical (unpaired) electrons. The van der Waals surface area contributed by atoms with Gasteiger partial charge in [-0.25, -0.2) is 4.98 Å². The maximum Gasteiger partial charge on any atom is 0.265 e. The SMILES string of the molecule is Nc1nc(NC2CCC2)sc1C(=O)NC1(CO)CC1. The van der Waals surface area contributed by atoms with Gasteiger partial charge in [0, 0.05) is 6.04 Å². The van der Waals surface area contributed by atoms with Gasteiger partial charge in [-0.15, -0.1) is 0 Å². The van der Waals surface area contributed by atoms with Gasteiger partial charge in [0.15, 0.2) is 5.13 Å². The molecule has 104 valence electrons. The van der Waals surface area contributed by atoms with E-state index in [4.69, 9.17) is 5.73 Å². The molecule has 6 nitrogen and oxygen atoms in total. The molecule has 1 aromatic rings. The number of aromatic nitrogens is 1. The molecule has 2 aliphatic rings. The van der Waals surface area contributed by atoms with E-state index in [9.17, 15) is 9.90 Å². The molecule has 0 unspecified atom stereocenters. The smallest absolute Gasteiger partial charge is 0.265 e. The monoisotopic (exact) mass is 282 g/mol. The molecule has 2 aliphatic carbocycles. The number of carbonyl (C=O) groups is 1. The number of rotatable bonds is 5. The van der Waals surface area contributed by atoms with Gasteiger partial charge in [0.2, 0.25) is 0 Å². The number of nitrogens with zero attached hydrogens (tertiary/aromatic N) is 1. The van der Waals surface area contributed by atoms with Crippen molar-refractivity contribution in [3.8, 4) is 0 Å². The lowest BCUT2D eigenvalue weighted by Crippen LogP contribution is -2.39. The number of carbonyl (C=O) groups excluding carboxylic acids is 1. The van der Waals surface area contributed by atoms with Crippen LogP contribution in [0, 0.1) is 0 Å². The number of aliphatic hydroxyl groups is 1. The number of anilines is 2. The second-order valence-electron chi connectivity index (χ2n) is 5.40. The number of nitrogen functional groups attached to an aromatic ring is 1. The fourth-order valence-corrected chi connectivity index (χ4v) is 2.91. The molecule has 0 aromatic carbocycles. The minimum Gasteiger partial charge on any atom is -0.394 e. The fourth-order valence-electron chi connectivity index (χ4n) is 2.05. The summed E-state index contributed by atoms with van der Waals surface area (Å²) < 4.78 is 0. The highest BCUT2D eigenvalue weighted by atomic mass is 32.1. The van der Waals surface area contributed by atoms with Crippen molar-refractivity contribution in [2.45, 2.75) is 43.7 Å². The summed E-state index contributed by atoms with van der Waals surface area (Å²) in [5.74, 6) is 0.0290. The third-order valence-corrected chi connectivity index (χ3v) is 4.83. The number of thiazole rings is 1. The van der Waals surface area contributed by atoms with Crippen molar-refractivity contribution in [3.63, 3.8) is 0 Å². The maximum absolute atomic E-state index is 12.1. The lowest BCUT2D eigenvalue weighted by molar-refractivity contribution is 0.0911. The third-order valence-electron chi connectivity index (χ3n) is 3.83. The van der Waals surface area contributed by atoms with Gasteiger partial charge in [-0.3, -0.25) is 4.79 Å². The van der Waals surface area contributed by atoms with E-state index < -0.39 is 5.54 Å². The van der Waals surface area contributed by atoms with Gasteiger partial charge in [0.25, 0.3) is 5.91 Å². The topological polar surface area (TPSA) is 100 Å². The molecule has 0 spiro atoms. The Morgan fingerprint density at radius 1 is 1.53 bits per heavy atom. The van der Waals surface area contributed by atoms with Crippen molar-refractivity contribution < 1.29 is 9.90 Å². The Morgan fingerprint density at radius 3 is 2.79 bits per heavy atom. The zero-order valence-electron chi connectivity index (χ0n) is 10.6. The molecular weight excluding hydrogens is 264 g/mol. The van der Waals surface area contributed by atoms with Crippen LogP contribution in [0.1, 0.15) is 41.8 Å². The summed E-state index contributed by atoms with van der Waals surface area (Å²) in [6, 6.07) is 0.466. The summed E-state index contributed by atoms with van der Waals surface area (Å²) in [7, 11) is 0. The largest absolute Gasteiger partial charge is 0.394 e. The lowest BCUT2D eigenvalue weighted by Gasteiger charge is -2.25. The van der Waals surface area contributed by atoms with Crippen LogP contribution < -0.4 is 16.4 Å². The normalized spacial score (nSPS) is 20.7. The minimum absolute atomic E-state index is 0.0232. The first kappa shape index (κ1) is 12.7. The number of nitrogens with one attached hydrogen (secondary N) is 2. The van der Waals surface area contributed by atoms with Crippen molar-refractivity contribution >= 4 is 28.2 Å². The van der Waals surface area contributed by atoms with Crippen molar-refractivity contribution in [2.24, 2.45) is 0 Å². The van der Waals surface area contributed by atoms with E-state index in [1.165, 1.54) is 17.8 Å². The van der Waals surface area contributed by atoms with E-state index in [0.717, 1.165) is 25.7 Å². The van der Waals surface area contributed by atoms with E-state index in [1.807, 2.05) is 0 Å². The van der Waals surface area contributed by atoms with E-state index in [-0.39, 0.29) is 18.3 Å². The molecule has 1 aromatic heterocycles. The van der Waals surface area contributed by atoms with Crippen molar-refractivity contribution in [2.75, 3.05) is 17.7 Å². The van der Waals surface area contributed by atoms with Crippen LogP contribution in [0.25, 0.3) is 0 Å². The number of amides is 1. The van der Waals surface area contributed by atoms with E-state index in [0.29, 0.717) is 16.1 Å². The summed E-state index contributed by atoms with van der Waals surface area (Å²) in [6.45, 7) is -0.0232. The Morgan fingerprint density at radius 2 is 2.26 bits per heavy atom. The summed E-state index contributed by atoms with van der Waals surface area (Å²) in [5.41, 5.74) is 5.37. The van der Waals surface area contributed by atoms with Crippen LogP contribution in [0.5, 0.6) is 0 Å². The van der Waals surface area contributed by atoms with Crippen molar-refractivity contribution in [3.05, 3.63) is 4.88 Å². The predicted octanol–water partition coefficient (Wildman–Crippen LogP) is 0.944. The van der Waals surface area contributed by atoms with E-state index in [1.54, 1.807) is 0 Å². The van der Waals surface area contributed by atoms with Crippen LogP contribution in [0.2, 0.25) is 0 Å². The summed E-state index contributed by atoms with van der Waals surface area (Å²) in [4.78, 5) is 16.7. The molecule has 0 atom stereocenters. The second kappa shape index (κ2) is 4.64. The lowest BCUT2D eigenvalue weighted by atomic mass is 9.93. The zero-order chi connectivity index (χ0) is 13.5. The average molecular weight is 282 g/mol. The van der Waals surface area contributed by atoms with Crippen LogP contribution >= 0.6 is 11.3 Å². The van der Waals surface area contributed by atoms with Crippen LogP contribution in [0.4, 0.5) is 10.9 Å². The Bertz CT molecular complexity index is 494. The number of hydrogen-bond donors (Lipinski definition) is 4. The van der Waals surface area contributed by atoms with Crippen molar-refractivity contribution in [1.29, 1.82) is 0 Å². The van der Waals surface area contributed by atoms with Gasteiger partial charge in [-0.2, -0.15) is 0 Å². The fraction of sp³-hybridized carbons (Fsp3) is 0.667. The Kier molecular flexibility index (Phi) is 3.10. The standard InChI is InChI=1S/C12H18N4O2S/c13-9-8(10(18)16-12(6-17)4-5-12)19-11(15-9)14-7-2-1-3-7/h7,17H,1-6,13H2,(H,14,15)(H,16,18). The van der Waals surface area contributed by atoms with E-state index in [2.05, 4.69) is 15.6 Å². The minimum atomic E-state index is -0.422. The molecule has 0 bridgehead atoms. The summed E-state index contributed by atoms with van der Waals surface area (Å²) >= 11 is 1.28. The van der Waals surface area contributed by atoms with Crippen LogP contribution in [-0.2, 0) is 0 Å². The highest BCUT2D eigenvalue weighted by Crippen LogP contribution is 2.36. The van der Waals surface area contributed by atoms with Crippen LogP contribution in [0.3, 0.4) is 0 Å². The predicted molar refractivity (Wildman–Crippen MR) is 74.3 cm³/mol. The molecule has 19 heavy (non-hydrogen) atoms. The third kappa shape index (κ3) is 2.52. The maximum atomic E-state index is 12.1. The average Bonchev–Trinajstić information content (AvgIpc) is 3.00. The molecule has 1 heterocycles. The molecule has 2 saturated carbocycles. The molecule has 1 amide bonds. The first-order valence-corrected chi connectivity index (χ1v) is 7.40. The molecule has 5 N–H and O–H groups in total. The van der Waals surface area contributed by atoms with Crippen LogP contribution in [-0.4, -0.2) is 34.2 Å². The van der Waals surface area contributed by atoms with Gasteiger partial charge < -0.3 is 21.5 Å². The Balaban J connectivity index is 1.67. The molecular formula is C12H18N4O2S. The highest BCUT2D eigenvalue weighted by molar-refractivity contribution is 7.18. The van der Waals surface area contributed by atoms with Gasteiger partial charge in [0.05, 0.1) is 12.1 Å². The molecule has 0 aliphatic heterocycles. The first-order valence-electron chi connectivity index (χ1n) is 6.58. The zero-order valence-corrected chi connectivity index (χ0v) is 11.4. The first-order chi connectivity index (χ1) is 9.12. The van der Waals surface area contributed by atoms with E-state index >= 15 is 0 Å².